The molecule has 8 nitrogen and oxygen atoms in total. The molecule has 2 aliphatic heterocycles. The highest BCUT2D eigenvalue weighted by atomic mass is 16.3. The molecule has 0 radical (unpaired) electrons. The van der Waals surface area contributed by atoms with Crippen LogP contribution in [0.25, 0.3) is 16.8 Å². The number of pyridine rings is 1. The van der Waals surface area contributed by atoms with Crippen LogP contribution >= 0.6 is 0 Å². The molecule has 8 heteroatoms. The third-order valence-electron chi connectivity index (χ3n) is 9.28. The van der Waals surface area contributed by atoms with Gasteiger partial charge >= 0.3 is 0 Å². The Morgan fingerprint density at radius 2 is 1.69 bits per heavy atom. The zero-order chi connectivity index (χ0) is 26.9. The largest absolute Gasteiger partial charge is 0.393 e. The maximum Gasteiger partial charge on any atom is 0.225 e. The van der Waals surface area contributed by atoms with Crippen LogP contribution in [0.2, 0.25) is 0 Å². The molecule has 1 amide bonds. The molecule has 0 atom stereocenters. The third kappa shape index (κ3) is 5.54. The number of carbonyl (C=O) groups is 1. The fourth-order valence-electron chi connectivity index (χ4n) is 6.72. The lowest BCUT2D eigenvalue weighted by Gasteiger charge is -2.38. The first-order valence-corrected chi connectivity index (χ1v) is 14.9. The van der Waals surface area contributed by atoms with Gasteiger partial charge in [0.15, 0.2) is 0 Å². The molecule has 5 heterocycles. The molecule has 0 bridgehead atoms. The maximum absolute atomic E-state index is 13.0. The molecule has 1 aliphatic carbocycles. The number of hydrogen-bond acceptors (Lipinski definition) is 6. The van der Waals surface area contributed by atoms with Gasteiger partial charge in [-0.3, -0.25) is 9.78 Å². The summed E-state index contributed by atoms with van der Waals surface area (Å²) in [6, 6.07) is 9.32. The Labute approximate surface area is 231 Å². The molecule has 3 aliphatic rings. The third-order valence-corrected chi connectivity index (χ3v) is 9.28. The predicted octanol–water partition coefficient (Wildman–Crippen LogP) is 4.18. The molecule has 0 aromatic carbocycles. The van der Waals surface area contributed by atoms with E-state index in [4.69, 9.17) is 4.98 Å². The van der Waals surface area contributed by atoms with E-state index in [1.807, 2.05) is 15.6 Å². The first kappa shape index (κ1) is 26.3. The number of anilines is 1. The lowest BCUT2D eigenvalue weighted by Crippen LogP contribution is -2.51. The number of piperazine rings is 1. The summed E-state index contributed by atoms with van der Waals surface area (Å²) >= 11 is 0. The Balaban J connectivity index is 1.12. The van der Waals surface area contributed by atoms with Crippen molar-refractivity contribution in [3.05, 3.63) is 48.4 Å². The van der Waals surface area contributed by atoms with Crippen LogP contribution in [0.5, 0.6) is 0 Å². The van der Waals surface area contributed by atoms with E-state index in [1.165, 1.54) is 18.4 Å². The van der Waals surface area contributed by atoms with Gasteiger partial charge in [0, 0.05) is 62.3 Å². The van der Waals surface area contributed by atoms with Gasteiger partial charge in [0.2, 0.25) is 5.91 Å². The Hall–Kier alpha value is -2.97. The number of rotatable bonds is 5. The van der Waals surface area contributed by atoms with Crippen LogP contribution in [0.15, 0.2) is 42.9 Å². The summed E-state index contributed by atoms with van der Waals surface area (Å²) in [5, 5.41) is 14.4. The van der Waals surface area contributed by atoms with Gasteiger partial charge < -0.3 is 19.8 Å². The van der Waals surface area contributed by atoms with Crippen LogP contribution in [0.3, 0.4) is 0 Å². The van der Waals surface area contributed by atoms with Gasteiger partial charge in [-0.1, -0.05) is 6.07 Å². The van der Waals surface area contributed by atoms with Gasteiger partial charge in [-0.25, -0.2) is 4.52 Å². The average molecular weight is 531 g/mol. The minimum atomic E-state index is -0.229. The van der Waals surface area contributed by atoms with Crippen LogP contribution in [0, 0.1) is 5.92 Å². The van der Waals surface area contributed by atoms with Crippen molar-refractivity contribution in [1.82, 2.24) is 24.4 Å². The molecule has 1 saturated carbocycles. The van der Waals surface area contributed by atoms with Gasteiger partial charge in [-0.2, -0.15) is 5.10 Å². The number of hydrogen-bond donors (Lipinski definition) is 1. The Morgan fingerprint density at radius 3 is 2.36 bits per heavy atom. The first-order chi connectivity index (χ1) is 19.0. The van der Waals surface area contributed by atoms with E-state index in [0.717, 1.165) is 87.4 Å². The van der Waals surface area contributed by atoms with Crippen LogP contribution in [-0.2, 0) is 4.79 Å². The Kier molecular flexibility index (Phi) is 7.58. The molecule has 0 unspecified atom stereocenters. The maximum atomic E-state index is 13.0. The van der Waals surface area contributed by atoms with Gasteiger partial charge in [-0.15, -0.1) is 0 Å². The quantitative estimate of drug-likeness (QED) is 0.533. The van der Waals surface area contributed by atoms with E-state index in [-0.39, 0.29) is 17.9 Å². The molecule has 6 rings (SSSR count). The Morgan fingerprint density at radius 1 is 0.949 bits per heavy atom. The molecular weight excluding hydrogens is 488 g/mol. The van der Waals surface area contributed by atoms with Gasteiger partial charge in [0.05, 0.1) is 23.0 Å². The molecule has 3 aromatic rings. The number of fused-ring (bicyclic) bond motifs is 1. The van der Waals surface area contributed by atoms with E-state index < -0.39 is 0 Å². The fraction of sp³-hybridized carbons (Fsp3) is 0.581. The summed E-state index contributed by atoms with van der Waals surface area (Å²) in [4.78, 5) is 24.9. The highest BCUT2D eigenvalue weighted by Gasteiger charge is 2.31. The molecule has 3 aromatic heterocycles. The molecule has 1 N–H and O–H groups in total. The summed E-state index contributed by atoms with van der Waals surface area (Å²) in [5.74, 6) is 0.942. The molecule has 0 spiro atoms. The zero-order valence-corrected chi connectivity index (χ0v) is 23.4. The van der Waals surface area contributed by atoms with Crippen LogP contribution in [0.4, 0.5) is 5.69 Å². The van der Waals surface area contributed by atoms with E-state index in [2.05, 4.69) is 65.4 Å². The van der Waals surface area contributed by atoms with Crippen molar-refractivity contribution < 1.29 is 9.90 Å². The molecule has 2 saturated heterocycles. The molecular formula is C31H42N6O2. The van der Waals surface area contributed by atoms with Crippen molar-refractivity contribution in [2.75, 3.05) is 44.2 Å². The second-order valence-corrected chi connectivity index (χ2v) is 12.0. The summed E-state index contributed by atoms with van der Waals surface area (Å²) in [6.45, 7) is 9.98. The second-order valence-electron chi connectivity index (χ2n) is 12.0. The van der Waals surface area contributed by atoms with Crippen molar-refractivity contribution in [2.45, 2.75) is 70.4 Å². The van der Waals surface area contributed by atoms with E-state index in [1.54, 1.807) is 0 Å². The summed E-state index contributed by atoms with van der Waals surface area (Å²) in [7, 11) is 0. The standard InChI is InChI=1S/C31H42N6O2/c1-22(2)34-13-10-23(11-14-34)25-5-8-28(32-20-25)26-19-30-29(9-12-33-37(30)21-26)35-15-17-36(18-16-35)31(39)24-3-6-27(38)7-4-24/h5,8-9,12,19-24,27,38H,3-4,6-7,10-11,13-18H2,1-2H3. The monoisotopic (exact) mass is 530 g/mol. The van der Waals surface area contributed by atoms with Crippen molar-refractivity contribution in [1.29, 1.82) is 0 Å². The zero-order valence-electron chi connectivity index (χ0n) is 23.4. The number of amides is 1. The number of nitrogens with zero attached hydrogens (tertiary/aromatic N) is 6. The number of aliphatic hydroxyl groups is 1. The highest BCUT2D eigenvalue weighted by molar-refractivity contribution is 5.81. The van der Waals surface area contributed by atoms with Crippen molar-refractivity contribution in [3.8, 4) is 11.3 Å². The summed E-state index contributed by atoms with van der Waals surface area (Å²) in [6.07, 6.45) is 11.3. The van der Waals surface area contributed by atoms with Crippen molar-refractivity contribution in [2.24, 2.45) is 5.92 Å². The molecule has 39 heavy (non-hydrogen) atoms. The minimum Gasteiger partial charge on any atom is -0.393 e. The van der Waals surface area contributed by atoms with Gasteiger partial charge in [0.25, 0.3) is 0 Å². The number of likely N-dealkylation sites (tertiary alicyclic amines) is 1. The van der Waals surface area contributed by atoms with E-state index >= 15 is 0 Å². The number of piperidine rings is 1. The highest BCUT2D eigenvalue weighted by Crippen LogP contribution is 2.32. The number of aliphatic hydroxyl groups excluding tert-OH is 1. The van der Waals surface area contributed by atoms with Crippen LogP contribution in [0.1, 0.15) is 63.9 Å². The van der Waals surface area contributed by atoms with E-state index in [0.29, 0.717) is 12.0 Å². The average Bonchev–Trinajstić information content (AvgIpc) is 3.42. The molecule has 208 valence electrons. The van der Waals surface area contributed by atoms with Crippen molar-refractivity contribution in [3.63, 3.8) is 0 Å². The SMILES string of the molecule is CC(C)N1CCC(c2ccc(-c3cc4c(N5CCN(C(=O)C6CCC(O)CC6)CC5)ccnn4c3)nc2)CC1. The van der Waals surface area contributed by atoms with Crippen LogP contribution < -0.4 is 4.90 Å². The van der Waals surface area contributed by atoms with Crippen LogP contribution in [-0.4, -0.2) is 86.8 Å². The van der Waals surface area contributed by atoms with Gasteiger partial charge in [0.1, 0.15) is 0 Å². The minimum absolute atomic E-state index is 0.0764. The second kappa shape index (κ2) is 11.3. The predicted molar refractivity (Wildman–Crippen MR) is 154 cm³/mol. The normalized spacial score (nSPS) is 23.6. The van der Waals surface area contributed by atoms with Crippen molar-refractivity contribution >= 4 is 17.1 Å². The Bertz CT molecular complexity index is 1260. The molecule has 3 fully saturated rings. The smallest absolute Gasteiger partial charge is 0.225 e. The topological polar surface area (TPSA) is 77.2 Å². The number of aromatic nitrogens is 3. The summed E-state index contributed by atoms with van der Waals surface area (Å²) < 4.78 is 1.95. The number of carbonyl (C=O) groups excluding carboxylic acids is 1. The van der Waals surface area contributed by atoms with E-state index in [9.17, 15) is 9.90 Å². The lowest BCUT2D eigenvalue weighted by atomic mass is 9.86. The lowest BCUT2D eigenvalue weighted by molar-refractivity contribution is -0.137. The fourth-order valence-corrected chi connectivity index (χ4v) is 6.72. The summed E-state index contributed by atoms with van der Waals surface area (Å²) in [5.41, 5.74) is 5.62. The van der Waals surface area contributed by atoms with Gasteiger partial charge in [-0.05, 0) is 95.1 Å². The first-order valence-electron chi connectivity index (χ1n) is 14.9.